The van der Waals surface area contributed by atoms with Crippen molar-refractivity contribution in [3.8, 4) is 12.3 Å². The number of ether oxygens (including phenoxy) is 1. The molecule has 2 nitrogen and oxygen atoms in total. The van der Waals surface area contributed by atoms with Crippen molar-refractivity contribution in [2.45, 2.75) is 64.9 Å². The zero-order valence-electron chi connectivity index (χ0n) is 10.4. The third-order valence-corrected chi connectivity index (χ3v) is 3.45. The largest absolute Gasteiger partial charge is 0.461 e. The molecule has 1 rings (SSSR count). The van der Waals surface area contributed by atoms with E-state index in [1.165, 1.54) is 0 Å². The van der Waals surface area contributed by atoms with Gasteiger partial charge in [0.25, 0.3) is 0 Å². The van der Waals surface area contributed by atoms with Crippen molar-refractivity contribution in [3.63, 3.8) is 0 Å². The molecular formula is C14H22O2. The molecule has 0 N–H and O–H groups in total. The second-order valence-corrected chi connectivity index (χ2v) is 4.65. The van der Waals surface area contributed by atoms with Crippen molar-refractivity contribution in [2.75, 3.05) is 0 Å². The van der Waals surface area contributed by atoms with Crippen LogP contribution in [0.5, 0.6) is 0 Å². The molecule has 0 aromatic carbocycles. The van der Waals surface area contributed by atoms with Crippen LogP contribution in [0.15, 0.2) is 0 Å². The van der Waals surface area contributed by atoms with Crippen molar-refractivity contribution in [2.24, 2.45) is 5.41 Å². The molecule has 1 heterocycles. The molecule has 1 aliphatic rings. The Morgan fingerprint density at radius 1 is 1.38 bits per heavy atom. The lowest BCUT2D eigenvalue weighted by atomic mass is 9.69. The van der Waals surface area contributed by atoms with Crippen LogP contribution in [0, 0.1) is 17.8 Å². The molecule has 1 aliphatic heterocycles. The van der Waals surface area contributed by atoms with Crippen LogP contribution in [0.3, 0.4) is 0 Å². The molecule has 1 fully saturated rings. The average molecular weight is 222 g/mol. The van der Waals surface area contributed by atoms with E-state index in [-0.39, 0.29) is 17.5 Å². The molecule has 0 aromatic rings. The summed E-state index contributed by atoms with van der Waals surface area (Å²) < 4.78 is 5.30. The third-order valence-electron chi connectivity index (χ3n) is 3.45. The highest BCUT2D eigenvalue weighted by atomic mass is 16.6. The second kappa shape index (κ2) is 5.94. The smallest absolute Gasteiger partial charge is 0.316 e. The van der Waals surface area contributed by atoms with Crippen LogP contribution in [0.25, 0.3) is 0 Å². The maximum Gasteiger partial charge on any atom is 0.316 e. The summed E-state index contributed by atoms with van der Waals surface area (Å²) in [6, 6.07) is 0. The van der Waals surface area contributed by atoms with E-state index in [0.29, 0.717) is 0 Å². The van der Waals surface area contributed by atoms with Crippen LogP contribution in [0.2, 0.25) is 0 Å². The van der Waals surface area contributed by atoms with Gasteiger partial charge >= 0.3 is 5.97 Å². The van der Waals surface area contributed by atoms with Gasteiger partial charge in [-0.15, -0.1) is 12.3 Å². The highest BCUT2D eigenvalue weighted by Gasteiger charge is 2.55. The van der Waals surface area contributed by atoms with Gasteiger partial charge in [0.05, 0.1) is 0 Å². The molecule has 0 aromatic heterocycles. The predicted octanol–water partition coefficient (Wildman–Crippen LogP) is 3.30. The molecule has 0 spiro atoms. The number of hydrogen-bond donors (Lipinski definition) is 0. The zero-order valence-corrected chi connectivity index (χ0v) is 10.4. The first-order valence-corrected chi connectivity index (χ1v) is 6.35. The first-order chi connectivity index (χ1) is 7.71. The maximum absolute atomic E-state index is 11.7. The Balaban J connectivity index is 2.56. The Bertz CT molecular complexity index is 269. The third kappa shape index (κ3) is 2.40. The van der Waals surface area contributed by atoms with Crippen LogP contribution in [-0.2, 0) is 9.53 Å². The fourth-order valence-corrected chi connectivity index (χ4v) is 2.70. The van der Waals surface area contributed by atoms with Gasteiger partial charge in [0, 0.05) is 6.42 Å². The standard InChI is InChI=1S/C14H22O2/c1-4-7-8-9-12-14(10-5-2,11-6-3)13(15)16-12/h1,12H,5-11H2,2-3H3. The molecule has 0 bridgehead atoms. The lowest BCUT2D eigenvalue weighted by Gasteiger charge is -2.47. The topological polar surface area (TPSA) is 26.3 Å². The van der Waals surface area contributed by atoms with E-state index in [4.69, 9.17) is 11.2 Å². The van der Waals surface area contributed by atoms with Crippen molar-refractivity contribution in [1.29, 1.82) is 0 Å². The molecule has 16 heavy (non-hydrogen) atoms. The van der Waals surface area contributed by atoms with Gasteiger partial charge in [-0.3, -0.25) is 4.79 Å². The molecule has 0 saturated carbocycles. The number of terminal acetylenes is 1. The lowest BCUT2D eigenvalue weighted by Crippen LogP contribution is -2.56. The molecule has 1 atom stereocenters. The average Bonchev–Trinajstić information content (AvgIpc) is 2.28. The summed E-state index contributed by atoms with van der Waals surface area (Å²) in [5.41, 5.74) is -0.182. The van der Waals surface area contributed by atoms with Gasteiger partial charge in [0.2, 0.25) is 0 Å². The fourth-order valence-electron chi connectivity index (χ4n) is 2.70. The van der Waals surface area contributed by atoms with Crippen molar-refractivity contribution in [3.05, 3.63) is 0 Å². The van der Waals surface area contributed by atoms with E-state index in [9.17, 15) is 4.79 Å². The summed E-state index contributed by atoms with van der Waals surface area (Å²) in [6.07, 6.45) is 12.0. The van der Waals surface area contributed by atoms with Crippen molar-refractivity contribution < 1.29 is 9.53 Å². The highest BCUT2D eigenvalue weighted by molar-refractivity contribution is 5.83. The van der Waals surface area contributed by atoms with E-state index < -0.39 is 0 Å². The predicted molar refractivity (Wildman–Crippen MR) is 64.8 cm³/mol. The van der Waals surface area contributed by atoms with E-state index in [2.05, 4.69) is 19.8 Å². The van der Waals surface area contributed by atoms with Gasteiger partial charge < -0.3 is 4.74 Å². The number of esters is 1. The van der Waals surface area contributed by atoms with Crippen LogP contribution in [-0.4, -0.2) is 12.1 Å². The van der Waals surface area contributed by atoms with Gasteiger partial charge in [-0.1, -0.05) is 26.7 Å². The normalized spacial score (nSPS) is 22.1. The van der Waals surface area contributed by atoms with Crippen LogP contribution in [0.1, 0.15) is 58.8 Å². The highest BCUT2D eigenvalue weighted by Crippen LogP contribution is 2.46. The quantitative estimate of drug-likeness (QED) is 0.375. The summed E-state index contributed by atoms with van der Waals surface area (Å²) in [6.45, 7) is 4.25. The molecule has 1 saturated heterocycles. The summed E-state index contributed by atoms with van der Waals surface area (Å²) in [5, 5.41) is 0. The van der Waals surface area contributed by atoms with Gasteiger partial charge in [-0.25, -0.2) is 0 Å². The van der Waals surface area contributed by atoms with E-state index in [0.717, 1.165) is 44.9 Å². The molecule has 1 unspecified atom stereocenters. The van der Waals surface area contributed by atoms with Crippen molar-refractivity contribution >= 4 is 5.97 Å². The molecule has 2 heteroatoms. The summed E-state index contributed by atoms with van der Waals surface area (Å²) >= 11 is 0. The van der Waals surface area contributed by atoms with Gasteiger partial charge in [-0.05, 0) is 25.7 Å². The zero-order chi connectivity index (χ0) is 12.0. The van der Waals surface area contributed by atoms with Crippen LogP contribution in [0.4, 0.5) is 0 Å². The Kier molecular flexibility index (Phi) is 4.86. The van der Waals surface area contributed by atoms with E-state index in [1.54, 1.807) is 0 Å². The number of carbonyl (C=O) groups excluding carboxylic acids is 1. The fraction of sp³-hybridized carbons (Fsp3) is 0.786. The molecule has 0 radical (unpaired) electrons. The van der Waals surface area contributed by atoms with Gasteiger partial charge in [0.1, 0.15) is 11.5 Å². The molecule has 0 aliphatic carbocycles. The van der Waals surface area contributed by atoms with E-state index >= 15 is 0 Å². The molecular weight excluding hydrogens is 200 g/mol. The number of cyclic esters (lactones) is 1. The summed E-state index contributed by atoms with van der Waals surface area (Å²) in [5.74, 6) is 2.65. The minimum atomic E-state index is -0.182. The lowest BCUT2D eigenvalue weighted by molar-refractivity contribution is -0.211. The molecule has 0 amide bonds. The Morgan fingerprint density at radius 3 is 2.44 bits per heavy atom. The first kappa shape index (κ1) is 13.1. The van der Waals surface area contributed by atoms with Gasteiger partial charge in [0.15, 0.2) is 0 Å². The van der Waals surface area contributed by atoms with Crippen LogP contribution >= 0.6 is 0 Å². The Morgan fingerprint density at radius 2 is 2.00 bits per heavy atom. The van der Waals surface area contributed by atoms with Crippen LogP contribution < -0.4 is 0 Å². The number of carbonyl (C=O) groups is 1. The van der Waals surface area contributed by atoms with Gasteiger partial charge in [-0.2, -0.15) is 0 Å². The number of hydrogen-bond acceptors (Lipinski definition) is 2. The minimum Gasteiger partial charge on any atom is -0.461 e. The van der Waals surface area contributed by atoms with E-state index in [1.807, 2.05) is 0 Å². The Labute approximate surface area is 98.8 Å². The summed E-state index contributed by atoms with van der Waals surface area (Å²) in [7, 11) is 0. The minimum absolute atomic E-state index is 0.0157. The SMILES string of the molecule is C#CCCCC1OC(=O)C1(CCC)CCC. The maximum atomic E-state index is 11.7. The second-order valence-electron chi connectivity index (χ2n) is 4.65. The monoisotopic (exact) mass is 222 g/mol. The first-order valence-electron chi connectivity index (χ1n) is 6.35. The van der Waals surface area contributed by atoms with Crippen molar-refractivity contribution in [1.82, 2.24) is 0 Å². The Hall–Kier alpha value is -0.970. The summed E-state index contributed by atoms with van der Waals surface area (Å²) in [4.78, 5) is 11.7. The number of unbranched alkanes of at least 4 members (excludes halogenated alkanes) is 1. The molecule has 90 valence electrons. The number of rotatable bonds is 7.